The third-order valence-corrected chi connectivity index (χ3v) is 5.83. The molecule has 3 aromatic rings. The van der Waals surface area contributed by atoms with Crippen molar-refractivity contribution in [2.24, 2.45) is 0 Å². The maximum absolute atomic E-state index is 12.6. The second kappa shape index (κ2) is 7.63. The molecule has 142 valence electrons. The topological polar surface area (TPSA) is 26.3 Å². The van der Waals surface area contributed by atoms with Crippen molar-refractivity contribution in [2.75, 3.05) is 0 Å². The molecule has 0 radical (unpaired) electrons. The van der Waals surface area contributed by atoms with E-state index in [1.165, 1.54) is 27.5 Å². The lowest BCUT2D eigenvalue weighted by Crippen LogP contribution is -2.10. The van der Waals surface area contributed by atoms with Gasteiger partial charge in [0.25, 0.3) is 0 Å². The molecule has 1 aliphatic carbocycles. The van der Waals surface area contributed by atoms with Gasteiger partial charge >= 0.3 is 5.97 Å². The number of ether oxygens (including phenoxy) is 1. The second-order valence-electron chi connectivity index (χ2n) is 7.71. The van der Waals surface area contributed by atoms with E-state index in [1.807, 2.05) is 31.2 Å². The number of hydrogen-bond acceptors (Lipinski definition) is 2. The van der Waals surface area contributed by atoms with Crippen molar-refractivity contribution < 1.29 is 9.53 Å². The Hall–Kier alpha value is -2.87. The van der Waals surface area contributed by atoms with Gasteiger partial charge in [-0.15, -0.1) is 0 Å². The molecule has 0 amide bonds. The molecule has 1 aliphatic rings. The van der Waals surface area contributed by atoms with E-state index < -0.39 is 0 Å². The van der Waals surface area contributed by atoms with Crippen LogP contribution in [0.5, 0.6) is 0 Å². The Morgan fingerprint density at radius 2 is 1.82 bits per heavy atom. The predicted octanol–water partition coefficient (Wildman–Crippen LogP) is 6.84. The summed E-state index contributed by atoms with van der Waals surface area (Å²) in [7, 11) is 0. The first kappa shape index (κ1) is 18.5. The number of hydrogen-bond donors (Lipinski definition) is 0. The molecule has 0 spiro atoms. The quantitative estimate of drug-likeness (QED) is 0.460. The minimum Gasteiger partial charge on any atom is -0.454 e. The molecule has 2 atom stereocenters. The van der Waals surface area contributed by atoms with Crippen molar-refractivity contribution in [3.63, 3.8) is 0 Å². The highest BCUT2D eigenvalue weighted by molar-refractivity contribution is 5.95. The number of carbonyl (C=O) groups is 1. The molecule has 2 unspecified atom stereocenters. The summed E-state index contributed by atoms with van der Waals surface area (Å²) in [5.74, 6) is 0.220. The van der Waals surface area contributed by atoms with Crippen LogP contribution in [0.15, 0.2) is 60.7 Å². The van der Waals surface area contributed by atoms with E-state index in [9.17, 15) is 4.79 Å². The number of carbonyl (C=O) groups excluding carboxylic acids is 1. The summed E-state index contributed by atoms with van der Waals surface area (Å²) in [5, 5.41) is 2.52. The van der Waals surface area contributed by atoms with Crippen LogP contribution in [-0.4, -0.2) is 5.97 Å². The molecule has 2 heteroatoms. The Bertz CT molecular complexity index is 1040. The van der Waals surface area contributed by atoms with Crippen LogP contribution in [0, 0.1) is 0 Å². The first-order chi connectivity index (χ1) is 13.6. The molecule has 0 fully saturated rings. The van der Waals surface area contributed by atoms with Crippen LogP contribution in [0.2, 0.25) is 0 Å². The number of esters is 1. The highest BCUT2D eigenvalue weighted by atomic mass is 16.5. The molecular weight excluding hydrogens is 344 g/mol. The Balaban J connectivity index is 1.56. The van der Waals surface area contributed by atoms with Crippen LogP contribution in [0.3, 0.4) is 0 Å². The zero-order chi connectivity index (χ0) is 19.7. The van der Waals surface area contributed by atoms with Crippen molar-refractivity contribution >= 4 is 22.8 Å². The lowest BCUT2D eigenvalue weighted by atomic mass is 9.90. The largest absolute Gasteiger partial charge is 0.454 e. The molecule has 3 aromatic carbocycles. The van der Waals surface area contributed by atoms with Crippen LogP contribution in [0.1, 0.15) is 71.8 Å². The zero-order valence-electron chi connectivity index (χ0n) is 16.7. The summed E-state index contributed by atoms with van der Waals surface area (Å²) in [6.45, 7) is 6.31. The molecule has 0 heterocycles. The zero-order valence-corrected chi connectivity index (χ0v) is 16.7. The van der Waals surface area contributed by atoms with E-state index in [2.05, 4.69) is 56.3 Å². The highest BCUT2D eigenvalue weighted by Crippen LogP contribution is 2.32. The van der Waals surface area contributed by atoms with Crippen molar-refractivity contribution in [2.45, 2.75) is 45.6 Å². The van der Waals surface area contributed by atoms with Gasteiger partial charge in [-0.3, -0.25) is 0 Å². The maximum atomic E-state index is 12.6. The summed E-state index contributed by atoms with van der Waals surface area (Å²) in [6.07, 6.45) is 6.11. The van der Waals surface area contributed by atoms with E-state index >= 15 is 0 Å². The summed E-state index contributed by atoms with van der Waals surface area (Å²) in [6, 6.07) is 18.5. The van der Waals surface area contributed by atoms with Gasteiger partial charge in [-0.25, -0.2) is 4.79 Å². The smallest absolute Gasteiger partial charge is 0.338 e. The molecule has 0 saturated carbocycles. The fourth-order valence-electron chi connectivity index (χ4n) is 3.89. The Morgan fingerprint density at radius 1 is 1.04 bits per heavy atom. The Morgan fingerprint density at radius 3 is 2.57 bits per heavy atom. The van der Waals surface area contributed by atoms with Gasteiger partial charge in [0.15, 0.2) is 0 Å². The number of benzene rings is 3. The van der Waals surface area contributed by atoms with Crippen LogP contribution in [0.4, 0.5) is 0 Å². The number of rotatable bonds is 5. The minimum atomic E-state index is -0.304. The van der Waals surface area contributed by atoms with Crippen molar-refractivity contribution in [3.8, 4) is 0 Å². The van der Waals surface area contributed by atoms with Gasteiger partial charge in [0, 0.05) is 0 Å². The second-order valence-corrected chi connectivity index (χ2v) is 7.71. The van der Waals surface area contributed by atoms with Gasteiger partial charge in [0.2, 0.25) is 0 Å². The first-order valence-electron chi connectivity index (χ1n) is 10.1. The monoisotopic (exact) mass is 370 g/mol. The maximum Gasteiger partial charge on any atom is 0.338 e. The van der Waals surface area contributed by atoms with Crippen LogP contribution >= 0.6 is 0 Å². The molecule has 0 aromatic heterocycles. The summed E-state index contributed by atoms with van der Waals surface area (Å²) in [5.41, 5.74) is 5.44. The average Bonchev–Trinajstić information content (AvgIpc) is 2.73. The lowest BCUT2D eigenvalue weighted by Gasteiger charge is -2.18. The van der Waals surface area contributed by atoms with Gasteiger partial charge in [0.05, 0.1) is 5.56 Å². The van der Waals surface area contributed by atoms with Gasteiger partial charge in [-0.2, -0.15) is 0 Å². The summed E-state index contributed by atoms with van der Waals surface area (Å²) < 4.78 is 5.78. The Kier molecular flexibility index (Phi) is 5.04. The predicted molar refractivity (Wildman–Crippen MR) is 116 cm³/mol. The van der Waals surface area contributed by atoms with E-state index in [0.717, 1.165) is 18.4 Å². The van der Waals surface area contributed by atoms with Crippen LogP contribution in [0.25, 0.3) is 16.8 Å². The lowest BCUT2D eigenvalue weighted by molar-refractivity contribution is 0.0338. The third kappa shape index (κ3) is 3.47. The third-order valence-electron chi connectivity index (χ3n) is 5.83. The van der Waals surface area contributed by atoms with Gasteiger partial charge in [-0.1, -0.05) is 56.3 Å². The van der Waals surface area contributed by atoms with Crippen molar-refractivity contribution in [3.05, 3.63) is 88.5 Å². The number of allylic oxidation sites excluding steroid dienone is 1. The summed E-state index contributed by atoms with van der Waals surface area (Å²) in [4.78, 5) is 12.6. The van der Waals surface area contributed by atoms with E-state index in [4.69, 9.17) is 4.74 Å². The molecule has 0 aliphatic heterocycles. The van der Waals surface area contributed by atoms with Crippen molar-refractivity contribution in [1.29, 1.82) is 0 Å². The minimum absolute atomic E-state index is 0.277. The molecule has 0 bridgehead atoms. The van der Waals surface area contributed by atoms with Gasteiger partial charge in [-0.05, 0) is 83.0 Å². The molecule has 4 rings (SSSR count). The molecule has 28 heavy (non-hydrogen) atoms. The van der Waals surface area contributed by atoms with Gasteiger partial charge in [0.1, 0.15) is 6.10 Å². The fraction of sp³-hybridized carbons (Fsp3) is 0.269. The van der Waals surface area contributed by atoms with Crippen LogP contribution < -0.4 is 0 Å². The van der Waals surface area contributed by atoms with Gasteiger partial charge < -0.3 is 4.74 Å². The average molecular weight is 370 g/mol. The SMILES string of the molecule is CCC(C)c1ccc(C(=O)OC(C)c2cc3c4c(cccc4c2)CC=C3)cc1. The molecular formula is C26H26O2. The van der Waals surface area contributed by atoms with E-state index in [0.29, 0.717) is 11.5 Å². The fourth-order valence-corrected chi connectivity index (χ4v) is 3.89. The first-order valence-corrected chi connectivity index (χ1v) is 10.1. The highest BCUT2D eigenvalue weighted by Gasteiger charge is 2.17. The van der Waals surface area contributed by atoms with Crippen LogP contribution in [-0.2, 0) is 11.2 Å². The Labute approximate surface area is 166 Å². The molecule has 0 N–H and O–H groups in total. The standard InChI is InChI=1S/C26H26O2/c1-4-17(2)19-11-13-21(14-12-19)26(27)28-18(3)24-15-22-9-5-7-20-8-6-10-23(16-24)25(20)22/h5-7,9-18H,4,8H2,1-3H3. The van der Waals surface area contributed by atoms with Crippen molar-refractivity contribution in [1.82, 2.24) is 0 Å². The molecule has 0 saturated heterocycles. The summed E-state index contributed by atoms with van der Waals surface area (Å²) >= 11 is 0. The molecule has 2 nitrogen and oxygen atoms in total. The van der Waals surface area contributed by atoms with E-state index in [-0.39, 0.29) is 12.1 Å². The van der Waals surface area contributed by atoms with E-state index in [1.54, 1.807) is 0 Å². The normalized spacial score (nSPS) is 14.7.